The lowest BCUT2D eigenvalue weighted by molar-refractivity contribution is -0.133. The van der Waals surface area contributed by atoms with Crippen LogP contribution in [0.4, 0.5) is 14.5 Å². The molecule has 2 N–H and O–H groups in total. The van der Waals surface area contributed by atoms with E-state index in [4.69, 9.17) is 0 Å². The molecular weight excluding hydrogens is 352 g/mol. The van der Waals surface area contributed by atoms with Crippen LogP contribution in [0, 0.1) is 12.8 Å². The van der Waals surface area contributed by atoms with Crippen molar-refractivity contribution >= 4 is 21.6 Å². The molecule has 1 saturated carbocycles. The number of carbonyl (C=O) groups is 1. The predicted molar refractivity (Wildman–Crippen MR) is 86.7 cm³/mol. The maximum atomic E-state index is 13.9. The molecule has 4 rings (SSSR count). The van der Waals surface area contributed by atoms with Gasteiger partial charge in [0.15, 0.2) is 6.17 Å². The molecule has 3 atom stereocenters. The van der Waals surface area contributed by atoms with Gasteiger partial charge in [-0.15, -0.1) is 0 Å². The van der Waals surface area contributed by atoms with Gasteiger partial charge < -0.3 is 10.2 Å². The summed E-state index contributed by atoms with van der Waals surface area (Å²) >= 11 is 0. The molecule has 25 heavy (non-hydrogen) atoms. The van der Waals surface area contributed by atoms with E-state index in [0.717, 1.165) is 5.56 Å². The van der Waals surface area contributed by atoms with Crippen molar-refractivity contribution in [2.75, 3.05) is 11.9 Å². The van der Waals surface area contributed by atoms with Gasteiger partial charge in [-0.2, -0.15) is 4.72 Å². The standard InChI is InChI=1S/C16H19F2N3O3S/c1-9-2-3-13-12(6-9)19-14(20-25(13,23)24)15(22)21-8-10-7-11(21)4-5-16(10,17)18/h2-3,6,10-11,14,19-20H,4-5,7-8H2,1H3. The number of amides is 1. The molecule has 1 saturated heterocycles. The van der Waals surface area contributed by atoms with Crippen LogP contribution in [0.3, 0.4) is 0 Å². The van der Waals surface area contributed by atoms with E-state index < -0.39 is 33.9 Å². The Bertz CT molecular complexity index is 843. The molecule has 2 bridgehead atoms. The van der Waals surface area contributed by atoms with Gasteiger partial charge in [-0.25, -0.2) is 17.2 Å². The zero-order chi connectivity index (χ0) is 18.0. The largest absolute Gasteiger partial charge is 0.360 e. The third-order valence-electron chi connectivity index (χ3n) is 5.35. The van der Waals surface area contributed by atoms with Gasteiger partial charge in [0, 0.05) is 24.9 Å². The summed E-state index contributed by atoms with van der Waals surface area (Å²) in [5.74, 6) is -4.10. The quantitative estimate of drug-likeness (QED) is 0.787. The average Bonchev–Trinajstić information content (AvgIpc) is 2.91. The SMILES string of the molecule is Cc1ccc2c(c1)NC(C(=O)N1CC3CC1CCC3(F)F)NS2(=O)=O. The highest BCUT2D eigenvalue weighted by Gasteiger charge is 2.53. The first-order chi connectivity index (χ1) is 11.7. The minimum atomic E-state index is -3.84. The Kier molecular flexibility index (Phi) is 3.59. The number of nitrogens with zero attached hydrogens (tertiary/aromatic N) is 1. The summed E-state index contributed by atoms with van der Waals surface area (Å²) in [5, 5.41) is 2.90. The highest BCUT2D eigenvalue weighted by molar-refractivity contribution is 7.89. The Morgan fingerprint density at radius 3 is 2.84 bits per heavy atom. The van der Waals surface area contributed by atoms with Crippen molar-refractivity contribution in [1.29, 1.82) is 0 Å². The molecule has 2 aliphatic heterocycles. The molecule has 136 valence electrons. The van der Waals surface area contributed by atoms with Crippen LogP contribution in [-0.2, 0) is 14.8 Å². The minimum absolute atomic E-state index is 0.0307. The molecule has 1 aliphatic carbocycles. The van der Waals surface area contributed by atoms with Crippen molar-refractivity contribution in [3.05, 3.63) is 23.8 Å². The van der Waals surface area contributed by atoms with Crippen LogP contribution >= 0.6 is 0 Å². The number of halogens is 2. The Balaban J connectivity index is 1.60. The van der Waals surface area contributed by atoms with Crippen LogP contribution in [0.2, 0.25) is 0 Å². The molecule has 1 aromatic rings. The maximum Gasteiger partial charge on any atom is 0.261 e. The number of hydrogen-bond donors (Lipinski definition) is 2. The van der Waals surface area contributed by atoms with Gasteiger partial charge in [0.2, 0.25) is 10.0 Å². The van der Waals surface area contributed by atoms with Gasteiger partial charge >= 0.3 is 0 Å². The zero-order valence-corrected chi connectivity index (χ0v) is 14.4. The van der Waals surface area contributed by atoms with Gasteiger partial charge in [-0.3, -0.25) is 4.79 Å². The van der Waals surface area contributed by atoms with Gasteiger partial charge in [-0.1, -0.05) is 6.07 Å². The fourth-order valence-electron chi connectivity index (χ4n) is 4.00. The number of nitrogens with one attached hydrogen (secondary N) is 2. The van der Waals surface area contributed by atoms with Gasteiger partial charge in [0.1, 0.15) is 4.90 Å². The number of aryl methyl sites for hydroxylation is 1. The first-order valence-corrected chi connectivity index (χ1v) is 9.73. The molecule has 6 nitrogen and oxygen atoms in total. The number of rotatable bonds is 1. The van der Waals surface area contributed by atoms with Gasteiger partial charge in [0.05, 0.1) is 5.69 Å². The summed E-state index contributed by atoms with van der Waals surface area (Å²) < 4.78 is 54.9. The van der Waals surface area contributed by atoms with Crippen molar-refractivity contribution in [3.63, 3.8) is 0 Å². The van der Waals surface area contributed by atoms with Crippen LogP contribution in [0.5, 0.6) is 0 Å². The van der Waals surface area contributed by atoms with Gasteiger partial charge in [0.25, 0.3) is 11.8 Å². The van der Waals surface area contributed by atoms with Crippen LogP contribution in [0.15, 0.2) is 23.1 Å². The lowest BCUT2D eigenvalue weighted by Crippen LogP contribution is -2.55. The molecule has 9 heteroatoms. The van der Waals surface area contributed by atoms with Crippen LogP contribution < -0.4 is 10.0 Å². The van der Waals surface area contributed by atoms with E-state index in [9.17, 15) is 22.0 Å². The highest BCUT2D eigenvalue weighted by Crippen LogP contribution is 2.45. The van der Waals surface area contributed by atoms with Crippen molar-refractivity contribution in [3.8, 4) is 0 Å². The van der Waals surface area contributed by atoms with Crippen molar-refractivity contribution in [2.45, 2.75) is 49.2 Å². The Labute approximate surface area is 144 Å². The number of carbonyl (C=O) groups excluding carboxylic acids is 1. The number of sulfonamides is 1. The number of fused-ring (bicyclic) bond motifs is 3. The fraction of sp³-hybridized carbons (Fsp3) is 0.562. The lowest BCUT2D eigenvalue weighted by Gasteiger charge is -2.33. The number of benzene rings is 1. The van der Waals surface area contributed by atoms with Crippen molar-refractivity contribution in [2.24, 2.45) is 5.92 Å². The van der Waals surface area contributed by atoms with E-state index >= 15 is 0 Å². The van der Waals surface area contributed by atoms with E-state index in [0.29, 0.717) is 5.69 Å². The molecule has 0 spiro atoms. The number of alkyl halides is 2. The summed E-state index contributed by atoms with van der Waals surface area (Å²) in [6.45, 7) is 1.79. The second-order valence-electron chi connectivity index (χ2n) is 7.08. The van der Waals surface area contributed by atoms with E-state index in [2.05, 4.69) is 10.0 Å². The third-order valence-corrected chi connectivity index (χ3v) is 6.83. The first-order valence-electron chi connectivity index (χ1n) is 8.25. The Morgan fingerprint density at radius 2 is 2.12 bits per heavy atom. The zero-order valence-electron chi connectivity index (χ0n) is 13.6. The molecule has 3 unspecified atom stereocenters. The molecule has 1 amide bonds. The number of likely N-dealkylation sites (tertiary alicyclic amines) is 1. The number of anilines is 1. The van der Waals surface area contributed by atoms with Crippen LogP contribution in [0.25, 0.3) is 0 Å². The van der Waals surface area contributed by atoms with Crippen LogP contribution in [-0.4, -0.2) is 43.9 Å². The molecule has 2 heterocycles. The minimum Gasteiger partial charge on any atom is -0.360 e. The van der Waals surface area contributed by atoms with Crippen molar-refractivity contribution in [1.82, 2.24) is 9.62 Å². The predicted octanol–water partition coefficient (Wildman–Crippen LogP) is 1.67. The third kappa shape index (κ3) is 2.69. The molecule has 3 aliphatic rings. The second-order valence-corrected chi connectivity index (χ2v) is 8.76. The van der Waals surface area contributed by atoms with E-state index in [1.54, 1.807) is 12.1 Å². The summed E-state index contributed by atoms with van der Waals surface area (Å²) in [4.78, 5) is 14.3. The van der Waals surface area contributed by atoms with E-state index in [1.165, 1.54) is 11.0 Å². The Hall–Kier alpha value is -1.74. The second kappa shape index (κ2) is 5.38. The Morgan fingerprint density at radius 1 is 1.36 bits per heavy atom. The van der Waals surface area contributed by atoms with E-state index in [-0.39, 0.29) is 36.7 Å². The summed E-state index contributed by atoms with van der Waals surface area (Å²) in [6.07, 6.45) is -0.886. The summed E-state index contributed by atoms with van der Waals surface area (Å²) in [7, 11) is -3.84. The molecule has 0 aromatic heterocycles. The smallest absolute Gasteiger partial charge is 0.261 e. The normalized spacial score (nSPS) is 32.0. The topological polar surface area (TPSA) is 78.5 Å². The van der Waals surface area contributed by atoms with E-state index in [1.807, 2.05) is 6.92 Å². The summed E-state index contributed by atoms with van der Waals surface area (Å²) in [6, 6.07) is 4.56. The first kappa shape index (κ1) is 16.7. The average molecular weight is 371 g/mol. The molecular formula is C16H19F2N3O3S. The van der Waals surface area contributed by atoms with Crippen molar-refractivity contribution < 1.29 is 22.0 Å². The highest BCUT2D eigenvalue weighted by atomic mass is 32.2. The molecule has 0 radical (unpaired) electrons. The number of hydrogen-bond acceptors (Lipinski definition) is 4. The fourth-order valence-corrected chi connectivity index (χ4v) is 5.25. The van der Waals surface area contributed by atoms with Gasteiger partial charge in [-0.05, 0) is 37.5 Å². The molecule has 1 aromatic carbocycles. The lowest BCUT2D eigenvalue weighted by atomic mass is 9.87. The molecule has 2 fully saturated rings. The van der Waals surface area contributed by atoms with Crippen LogP contribution in [0.1, 0.15) is 24.8 Å². The maximum absolute atomic E-state index is 13.9. The summed E-state index contributed by atoms with van der Waals surface area (Å²) in [5.41, 5.74) is 1.20. The monoisotopic (exact) mass is 371 g/mol.